The molecule has 19 heavy (non-hydrogen) atoms. The number of hydrogen-bond acceptors (Lipinski definition) is 5. The zero-order valence-corrected chi connectivity index (χ0v) is 12.1. The lowest BCUT2D eigenvalue weighted by atomic mass is 10.0. The number of nitrogens with two attached hydrogens (primary N) is 1. The first-order valence-electron chi connectivity index (χ1n) is 5.86. The lowest BCUT2D eigenvalue weighted by Crippen LogP contribution is -2.48. The third kappa shape index (κ3) is 3.59. The SMILES string of the molecule is CCC(C)(CO)NS(=O)(=O)c1cc(N)ccc1OC. The zero-order valence-electron chi connectivity index (χ0n) is 11.3. The maximum Gasteiger partial charge on any atom is 0.244 e. The van der Waals surface area contributed by atoms with Gasteiger partial charge in [-0.15, -0.1) is 0 Å². The minimum absolute atomic E-state index is 0.0388. The van der Waals surface area contributed by atoms with Crippen LogP contribution in [0.15, 0.2) is 23.1 Å². The molecule has 1 rings (SSSR count). The number of nitrogen functional groups attached to an aromatic ring is 1. The molecule has 1 aromatic carbocycles. The number of aliphatic hydroxyl groups excluding tert-OH is 1. The molecule has 4 N–H and O–H groups in total. The highest BCUT2D eigenvalue weighted by atomic mass is 32.2. The van der Waals surface area contributed by atoms with Crippen molar-refractivity contribution in [3.63, 3.8) is 0 Å². The van der Waals surface area contributed by atoms with Crippen molar-refractivity contribution in [2.75, 3.05) is 19.5 Å². The van der Waals surface area contributed by atoms with Crippen LogP contribution in [0.2, 0.25) is 0 Å². The van der Waals surface area contributed by atoms with Crippen molar-refractivity contribution >= 4 is 15.7 Å². The molecule has 0 aliphatic carbocycles. The van der Waals surface area contributed by atoms with Crippen molar-refractivity contribution in [1.29, 1.82) is 0 Å². The molecule has 0 radical (unpaired) electrons. The average molecular weight is 288 g/mol. The molecule has 0 saturated carbocycles. The summed E-state index contributed by atoms with van der Waals surface area (Å²) < 4.78 is 32.2. The second-order valence-corrected chi connectivity index (χ2v) is 6.24. The van der Waals surface area contributed by atoms with Gasteiger partial charge in [0.25, 0.3) is 0 Å². The summed E-state index contributed by atoms with van der Waals surface area (Å²) in [6.45, 7) is 3.12. The van der Waals surface area contributed by atoms with Crippen LogP contribution < -0.4 is 15.2 Å². The minimum Gasteiger partial charge on any atom is -0.495 e. The molecule has 0 spiro atoms. The Kier molecular flexibility index (Phi) is 4.78. The Balaban J connectivity index is 3.24. The van der Waals surface area contributed by atoms with E-state index in [-0.39, 0.29) is 17.3 Å². The zero-order chi connectivity index (χ0) is 14.7. The fraction of sp³-hybridized carbons (Fsp3) is 0.500. The summed E-state index contributed by atoms with van der Waals surface area (Å²) in [5.41, 5.74) is 5.01. The number of sulfonamides is 1. The highest BCUT2D eigenvalue weighted by Gasteiger charge is 2.30. The molecule has 0 amide bonds. The smallest absolute Gasteiger partial charge is 0.244 e. The van der Waals surface area contributed by atoms with Gasteiger partial charge in [0.15, 0.2) is 0 Å². The van der Waals surface area contributed by atoms with Crippen molar-refractivity contribution in [3.8, 4) is 5.75 Å². The van der Waals surface area contributed by atoms with E-state index >= 15 is 0 Å². The number of aliphatic hydroxyl groups is 1. The molecule has 1 aromatic rings. The van der Waals surface area contributed by atoms with Crippen LogP contribution in [0.25, 0.3) is 0 Å². The van der Waals surface area contributed by atoms with Gasteiger partial charge in [-0.3, -0.25) is 0 Å². The summed E-state index contributed by atoms with van der Waals surface area (Å²) in [5.74, 6) is 0.207. The molecule has 0 aliphatic heterocycles. The van der Waals surface area contributed by atoms with Gasteiger partial charge < -0.3 is 15.6 Å². The first kappa shape index (κ1) is 15.7. The quantitative estimate of drug-likeness (QED) is 0.669. The number of nitrogens with one attached hydrogen (secondary N) is 1. The standard InChI is InChI=1S/C12H20N2O4S/c1-4-12(2,8-15)14-19(16,17)11-7-9(13)5-6-10(11)18-3/h5-7,14-15H,4,8,13H2,1-3H3. The van der Waals surface area contributed by atoms with Crippen molar-refractivity contribution in [2.24, 2.45) is 0 Å². The first-order chi connectivity index (χ1) is 8.78. The molecule has 0 bridgehead atoms. The number of rotatable bonds is 6. The van der Waals surface area contributed by atoms with Crippen LogP contribution in [0, 0.1) is 0 Å². The van der Waals surface area contributed by atoms with Crippen molar-refractivity contribution in [2.45, 2.75) is 30.7 Å². The summed E-state index contributed by atoms with van der Waals surface area (Å²) >= 11 is 0. The maximum atomic E-state index is 12.3. The van der Waals surface area contributed by atoms with Gasteiger partial charge in [0.2, 0.25) is 10.0 Å². The molecule has 1 atom stereocenters. The highest BCUT2D eigenvalue weighted by molar-refractivity contribution is 7.89. The van der Waals surface area contributed by atoms with Gasteiger partial charge in [-0.25, -0.2) is 13.1 Å². The number of methoxy groups -OCH3 is 1. The Bertz CT molecular complexity index is 539. The van der Waals surface area contributed by atoms with Crippen LogP contribution in [-0.2, 0) is 10.0 Å². The van der Waals surface area contributed by atoms with Gasteiger partial charge in [-0.1, -0.05) is 6.92 Å². The second kappa shape index (κ2) is 5.77. The number of anilines is 1. The van der Waals surface area contributed by atoms with Gasteiger partial charge in [0, 0.05) is 5.69 Å². The third-order valence-corrected chi connectivity index (χ3v) is 4.65. The molecule has 0 aromatic heterocycles. The maximum absolute atomic E-state index is 12.3. The Labute approximate surface area is 113 Å². The van der Waals surface area contributed by atoms with E-state index in [9.17, 15) is 13.5 Å². The highest BCUT2D eigenvalue weighted by Crippen LogP contribution is 2.27. The third-order valence-electron chi connectivity index (χ3n) is 2.99. The van der Waals surface area contributed by atoms with Gasteiger partial charge in [-0.2, -0.15) is 0 Å². The summed E-state index contributed by atoms with van der Waals surface area (Å²) in [4.78, 5) is -0.0388. The largest absolute Gasteiger partial charge is 0.495 e. The molecule has 0 saturated heterocycles. The molecule has 0 heterocycles. The molecule has 0 fully saturated rings. The molecule has 1 unspecified atom stereocenters. The van der Waals surface area contributed by atoms with Crippen LogP contribution in [0.5, 0.6) is 5.75 Å². The van der Waals surface area contributed by atoms with Crippen LogP contribution in [0.3, 0.4) is 0 Å². The Morgan fingerprint density at radius 1 is 1.47 bits per heavy atom. The van der Waals surface area contributed by atoms with Crippen LogP contribution in [0.1, 0.15) is 20.3 Å². The van der Waals surface area contributed by atoms with Gasteiger partial charge >= 0.3 is 0 Å². The summed E-state index contributed by atoms with van der Waals surface area (Å²) in [5, 5.41) is 9.29. The van der Waals surface area contributed by atoms with E-state index in [1.54, 1.807) is 19.9 Å². The Morgan fingerprint density at radius 2 is 2.11 bits per heavy atom. The average Bonchev–Trinajstić information content (AvgIpc) is 2.38. The minimum atomic E-state index is -3.82. The predicted molar refractivity (Wildman–Crippen MR) is 73.5 cm³/mol. The lowest BCUT2D eigenvalue weighted by Gasteiger charge is -2.27. The van der Waals surface area contributed by atoms with Crippen LogP contribution in [0.4, 0.5) is 5.69 Å². The Morgan fingerprint density at radius 3 is 2.58 bits per heavy atom. The monoisotopic (exact) mass is 288 g/mol. The fourth-order valence-corrected chi connectivity index (χ4v) is 3.17. The van der Waals surface area contributed by atoms with Crippen molar-refractivity contribution < 1.29 is 18.3 Å². The van der Waals surface area contributed by atoms with E-state index in [4.69, 9.17) is 10.5 Å². The van der Waals surface area contributed by atoms with E-state index in [0.717, 1.165) is 0 Å². The number of benzene rings is 1. The second-order valence-electron chi connectivity index (χ2n) is 4.59. The van der Waals surface area contributed by atoms with E-state index in [0.29, 0.717) is 12.1 Å². The van der Waals surface area contributed by atoms with Gasteiger partial charge in [-0.05, 0) is 31.5 Å². The Hall–Kier alpha value is -1.31. The molecule has 7 heteroatoms. The molecule has 6 nitrogen and oxygen atoms in total. The molecule has 108 valence electrons. The predicted octanol–water partition coefficient (Wildman–Crippen LogP) is 0.717. The molecule has 0 aliphatic rings. The topological polar surface area (TPSA) is 102 Å². The summed E-state index contributed by atoms with van der Waals surface area (Å²) in [6.07, 6.45) is 0.452. The van der Waals surface area contributed by atoms with Gasteiger partial charge in [0.05, 0.1) is 19.3 Å². The normalized spacial score (nSPS) is 14.9. The van der Waals surface area contributed by atoms with Crippen LogP contribution in [-0.4, -0.2) is 32.8 Å². The lowest BCUT2D eigenvalue weighted by molar-refractivity contribution is 0.191. The first-order valence-corrected chi connectivity index (χ1v) is 7.34. The van der Waals surface area contributed by atoms with E-state index in [1.807, 2.05) is 0 Å². The molecular weight excluding hydrogens is 268 g/mol. The number of hydrogen-bond donors (Lipinski definition) is 3. The van der Waals surface area contributed by atoms with Gasteiger partial charge in [0.1, 0.15) is 10.6 Å². The van der Waals surface area contributed by atoms with Crippen molar-refractivity contribution in [1.82, 2.24) is 4.72 Å². The summed E-state index contributed by atoms with van der Waals surface area (Å²) in [6, 6.07) is 4.38. The fourth-order valence-electron chi connectivity index (χ4n) is 1.50. The van der Waals surface area contributed by atoms with Crippen LogP contribution >= 0.6 is 0 Å². The number of ether oxygens (including phenoxy) is 1. The van der Waals surface area contributed by atoms with E-state index in [1.165, 1.54) is 19.2 Å². The van der Waals surface area contributed by atoms with E-state index < -0.39 is 15.6 Å². The summed E-state index contributed by atoms with van der Waals surface area (Å²) in [7, 11) is -2.44. The molecular formula is C12H20N2O4S. The van der Waals surface area contributed by atoms with E-state index in [2.05, 4.69) is 4.72 Å². The van der Waals surface area contributed by atoms with Crippen molar-refractivity contribution in [3.05, 3.63) is 18.2 Å².